The fraction of sp³-hybridized carbons (Fsp3) is 0.588. The number of rotatable bonds is 6. The minimum Gasteiger partial charge on any atom is -0.378 e. The summed E-state index contributed by atoms with van der Waals surface area (Å²) < 4.78 is 5.68. The van der Waals surface area contributed by atoms with Crippen molar-refractivity contribution >= 4 is 5.91 Å². The Morgan fingerprint density at radius 1 is 1.33 bits per heavy atom. The average Bonchev–Trinajstić information content (AvgIpc) is 2.54. The third kappa shape index (κ3) is 4.83. The second kappa shape index (κ2) is 8.15. The highest BCUT2D eigenvalue weighted by Crippen LogP contribution is 2.18. The fourth-order valence-electron chi connectivity index (χ4n) is 2.76. The van der Waals surface area contributed by atoms with Crippen molar-refractivity contribution in [1.82, 2.24) is 4.90 Å². The lowest BCUT2D eigenvalue weighted by Crippen LogP contribution is -2.28. The van der Waals surface area contributed by atoms with Crippen molar-refractivity contribution in [3.8, 4) is 0 Å². The molecule has 2 rings (SSSR count). The number of carbonyl (C=O) groups is 1. The minimum absolute atomic E-state index is 0.177. The Hall–Kier alpha value is -1.39. The number of benzene rings is 1. The molecule has 1 aliphatic rings. The largest absolute Gasteiger partial charge is 0.378 e. The van der Waals surface area contributed by atoms with Crippen LogP contribution in [0.25, 0.3) is 0 Å². The van der Waals surface area contributed by atoms with Gasteiger partial charge in [0.05, 0.1) is 6.10 Å². The molecule has 1 atom stereocenters. The molecule has 1 amide bonds. The Labute approximate surface area is 127 Å². The summed E-state index contributed by atoms with van der Waals surface area (Å²) in [6.45, 7) is 1.98. The van der Waals surface area contributed by atoms with Gasteiger partial charge in [0.2, 0.25) is 5.91 Å². The van der Waals surface area contributed by atoms with Gasteiger partial charge in [-0.3, -0.25) is 4.79 Å². The van der Waals surface area contributed by atoms with Gasteiger partial charge in [-0.05, 0) is 36.8 Å². The van der Waals surface area contributed by atoms with Crippen LogP contribution in [0.5, 0.6) is 0 Å². The molecule has 1 aromatic rings. The van der Waals surface area contributed by atoms with E-state index >= 15 is 0 Å². The van der Waals surface area contributed by atoms with Crippen molar-refractivity contribution in [2.45, 2.75) is 51.3 Å². The zero-order chi connectivity index (χ0) is 15.1. The molecule has 4 heteroatoms. The number of hydrogen-bond donors (Lipinski definition) is 1. The first-order chi connectivity index (χ1) is 10.2. The van der Waals surface area contributed by atoms with E-state index in [1.165, 1.54) is 6.42 Å². The quantitative estimate of drug-likeness (QED) is 0.875. The van der Waals surface area contributed by atoms with E-state index in [2.05, 4.69) is 0 Å². The summed E-state index contributed by atoms with van der Waals surface area (Å²) in [6.07, 6.45) is 5.13. The van der Waals surface area contributed by atoms with Crippen molar-refractivity contribution in [2.75, 3.05) is 13.7 Å². The van der Waals surface area contributed by atoms with Crippen molar-refractivity contribution in [3.63, 3.8) is 0 Å². The number of amides is 1. The molecule has 1 aliphatic heterocycles. The molecule has 1 heterocycles. The highest BCUT2D eigenvalue weighted by atomic mass is 16.5. The second-order valence-electron chi connectivity index (χ2n) is 5.75. The maximum absolute atomic E-state index is 12.2. The van der Waals surface area contributed by atoms with Crippen molar-refractivity contribution in [3.05, 3.63) is 35.4 Å². The zero-order valence-electron chi connectivity index (χ0n) is 12.9. The molecule has 0 spiro atoms. The predicted octanol–water partition coefficient (Wildman–Crippen LogP) is 2.45. The first-order valence-corrected chi connectivity index (χ1v) is 7.83. The summed E-state index contributed by atoms with van der Waals surface area (Å²) >= 11 is 0. The smallest absolute Gasteiger partial charge is 0.222 e. The van der Waals surface area contributed by atoms with Gasteiger partial charge in [-0.15, -0.1) is 0 Å². The van der Waals surface area contributed by atoms with Gasteiger partial charge in [0.1, 0.15) is 0 Å². The van der Waals surface area contributed by atoms with E-state index in [-0.39, 0.29) is 12.0 Å². The highest BCUT2D eigenvalue weighted by molar-refractivity contribution is 5.75. The standard InChI is InChI=1S/C17H26N2O2/c1-19(13-15-7-3-2-6-14(15)12-18)17(20)10-9-16-8-4-5-11-21-16/h2-3,6-7,16H,4-5,8-13,18H2,1H3. The Kier molecular flexibility index (Phi) is 6.21. The minimum atomic E-state index is 0.177. The van der Waals surface area contributed by atoms with Gasteiger partial charge in [-0.1, -0.05) is 24.3 Å². The molecule has 0 aromatic heterocycles. The van der Waals surface area contributed by atoms with Crippen LogP contribution < -0.4 is 5.73 Å². The number of ether oxygens (including phenoxy) is 1. The van der Waals surface area contributed by atoms with Crippen LogP contribution in [0.15, 0.2) is 24.3 Å². The van der Waals surface area contributed by atoms with Gasteiger partial charge < -0.3 is 15.4 Å². The molecular weight excluding hydrogens is 264 g/mol. The van der Waals surface area contributed by atoms with Crippen LogP contribution in [0.3, 0.4) is 0 Å². The SMILES string of the molecule is CN(Cc1ccccc1CN)C(=O)CCC1CCCCO1. The number of nitrogens with two attached hydrogens (primary N) is 1. The van der Waals surface area contributed by atoms with Crippen molar-refractivity contribution in [2.24, 2.45) is 5.73 Å². The molecule has 0 aliphatic carbocycles. The molecule has 0 saturated carbocycles. The topological polar surface area (TPSA) is 55.6 Å². The van der Waals surface area contributed by atoms with E-state index in [1.54, 1.807) is 4.90 Å². The maximum atomic E-state index is 12.2. The summed E-state index contributed by atoms with van der Waals surface area (Å²) in [5, 5.41) is 0. The van der Waals surface area contributed by atoms with Crippen LogP contribution in [-0.2, 0) is 22.6 Å². The number of hydrogen-bond acceptors (Lipinski definition) is 3. The van der Waals surface area contributed by atoms with Gasteiger partial charge in [0.25, 0.3) is 0 Å². The summed E-state index contributed by atoms with van der Waals surface area (Å²) in [5.41, 5.74) is 7.97. The zero-order valence-corrected chi connectivity index (χ0v) is 12.9. The molecule has 1 fully saturated rings. The van der Waals surface area contributed by atoms with Crippen LogP contribution >= 0.6 is 0 Å². The Bertz CT molecular complexity index is 456. The molecule has 0 radical (unpaired) electrons. The Balaban J connectivity index is 1.81. The van der Waals surface area contributed by atoms with Gasteiger partial charge in [0, 0.05) is 33.2 Å². The third-order valence-corrected chi connectivity index (χ3v) is 4.13. The Morgan fingerprint density at radius 2 is 2.10 bits per heavy atom. The molecular formula is C17H26N2O2. The molecule has 1 aromatic carbocycles. The van der Waals surface area contributed by atoms with E-state index in [9.17, 15) is 4.79 Å². The number of carbonyl (C=O) groups excluding carboxylic acids is 1. The van der Waals surface area contributed by atoms with Crippen LogP contribution in [-0.4, -0.2) is 30.6 Å². The molecule has 21 heavy (non-hydrogen) atoms. The van der Waals surface area contributed by atoms with E-state index < -0.39 is 0 Å². The summed E-state index contributed by atoms with van der Waals surface area (Å²) in [5.74, 6) is 0.177. The van der Waals surface area contributed by atoms with E-state index in [4.69, 9.17) is 10.5 Å². The normalized spacial score (nSPS) is 18.5. The van der Waals surface area contributed by atoms with Gasteiger partial charge in [-0.2, -0.15) is 0 Å². The molecule has 2 N–H and O–H groups in total. The van der Waals surface area contributed by atoms with Crippen LogP contribution in [0.2, 0.25) is 0 Å². The molecule has 0 bridgehead atoms. The lowest BCUT2D eigenvalue weighted by Gasteiger charge is -2.24. The maximum Gasteiger partial charge on any atom is 0.222 e. The molecule has 116 valence electrons. The predicted molar refractivity (Wildman–Crippen MR) is 83.6 cm³/mol. The van der Waals surface area contributed by atoms with Crippen LogP contribution in [0.1, 0.15) is 43.2 Å². The third-order valence-electron chi connectivity index (χ3n) is 4.13. The van der Waals surface area contributed by atoms with Crippen molar-refractivity contribution < 1.29 is 9.53 Å². The summed E-state index contributed by atoms with van der Waals surface area (Å²) in [6, 6.07) is 8.02. The highest BCUT2D eigenvalue weighted by Gasteiger charge is 2.17. The average molecular weight is 290 g/mol. The molecule has 1 saturated heterocycles. The monoisotopic (exact) mass is 290 g/mol. The second-order valence-corrected chi connectivity index (χ2v) is 5.75. The molecule has 4 nitrogen and oxygen atoms in total. The van der Waals surface area contributed by atoms with Gasteiger partial charge >= 0.3 is 0 Å². The first kappa shape index (κ1) is 16.0. The van der Waals surface area contributed by atoms with Crippen molar-refractivity contribution in [1.29, 1.82) is 0 Å². The van der Waals surface area contributed by atoms with Crippen LogP contribution in [0.4, 0.5) is 0 Å². The fourth-order valence-corrected chi connectivity index (χ4v) is 2.76. The summed E-state index contributed by atoms with van der Waals surface area (Å²) in [4.78, 5) is 14.0. The van der Waals surface area contributed by atoms with Crippen LogP contribution in [0, 0.1) is 0 Å². The van der Waals surface area contributed by atoms with E-state index in [1.807, 2.05) is 31.3 Å². The first-order valence-electron chi connectivity index (χ1n) is 7.83. The summed E-state index contributed by atoms with van der Waals surface area (Å²) in [7, 11) is 1.86. The molecule has 1 unspecified atom stereocenters. The number of nitrogens with zero attached hydrogens (tertiary/aromatic N) is 1. The van der Waals surface area contributed by atoms with E-state index in [0.717, 1.165) is 37.0 Å². The lowest BCUT2D eigenvalue weighted by molar-refractivity contribution is -0.131. The van der Waals surface area contributed by atoms with E-state index in [0.29, 0.717) is 19.5 Å². The Morgan fingerprint density at radius 3 is 2.76 bits per heavy atom. The van der Waals surface area contributed by atoms with Gasteiger partial charge in [0.15, 0.2) is 0 Å². The lowest BCUT2D eigenvalue weighted by atomic mass is 10.0. The van der Waals surface area contributed by atoms with Gasteiger partial charge in [-0.25, -0.2) is 0 Å².